The van der Waals surface area contributed by atoms with Gasteiger partial charge in [-0.2, -0.15) is 0 Å². The van der Waals surface area contributed by atoms with Gasteiger partial charge in [0.1, 0.15) is 5.82 Å². The Labute approximate surface area is 159 Å². The summed E-state index contributed by atoms with van der Waals surface area (Å²) in [4.78, 5) is 24.1. The first-order chi connectivity index (χ1) is 12.3. The van der Waals surface area contributed by atoms with Crippen molar-refractivity contribution in [3.8, 4) is 0 Å². The predicted octanol–water partition coefficient (Wildman–Crippen LogP) is 4.94. The number of nitrogens with one attached hydrogen (secondary N) is 1. The summed E-state index contributed by atoms with van der Waals surface area (Å²) in [6.45, 7) is 3.74. The number of amides is 1. The number of hydrogen-bond donors (Lipinski definition) is 1. The zero-order chi connectivity index (χ0) is 19.3. The van der Waals surface area contributed by atoms with Crippen molar-refractivity contribution >= 4 is 46.5 Å². The van der Waals surface area contributed by atoms with Crippen LogP contribution in [0.1, 0.15) is 5.56 Å². The standard InChI is InChI=1S/C18H14Cl2FNO4/c1-10(11-3-5-14(21)6-4-11)16(17(23)25-2)26-18(24)22-15-8-12(19)7-13(20)9-15/h3-9,16H,1H2,2H3,(H,22,24). The van der Waals surface area contributed by atoms with Crippen LogP contribution >= 0.6 is 23.2 Å². The quantitative estimate of drug-likeness (QED) is 0.725. The van der Waals surface area contributed by atoms with Gasteiger partial charge in [-0.3, -0.25) is 5.32 Å². The van der Waals surface area contributed by atoms with Crippen molar-refractivity contribution in [1.82, 2.24) is 0 Å². The number of anilines is 1. The molecule has 0 radical (unpaired) electrons. The highest BCUT2D eigenvalue weighted by atomic mass is 35.5. The zero-order valence-electron chi connectivity index (χ0n) is 13.6. The largest absolute Gasteiger partial charge is 0.466 e. The van der Waals surface area contributed by atoms with E-state index in [9.17, 15) is 14.0 Å². The van der Waals surface area contributed by atoms with Gasteiger partial charge in [0.25, 0.3) is 0 Å². The molecule has 1 amide bonds. The average Bonchev–Trinajstić information content (AvgIpc) is 2.58. The Bertz CT molecular complexity index is 819. The molecule has 136 valence electrons. The smallest absolute Gasteiger partial charge is 0.412 e. The van der Waals surface area contributed by atoms with E-state index in [4.69, 9.17) is 27.9 Å². The van der Waals surface area contributed by atoms with Gasteiger partial charge in [0, 0.05) is 21.3 Å². The number of methoxy groups -OCH3 is 1. The minimum absolute atomic E-state index is 0.135. The van der Waals surface area contributed by atoms with Crippen molar-refractivity contribution in [1.29, 1.82) is 0 Å². The van der Waals surface area contributed by atoms with E-state index in [0.717, 1.165) is 7.11 Å². The van der Waals surface area contributed by atoms with Gasteiger partial charge in [-0.15, -0.1) is 0 Å². The van der Waals surface area contributed by atoms with Crippen molar-refractivity contribution in [3.63, 3.8) is 0 Å². The Morgan fingerprint density at radius 2 is 1.69 bits per heavy atom. The summed E-state index contributed by atoms with van der Waals surface area (Å²) in [7, 11) is 1.14. The van der Waals surface area contributed by atoms with E-state index in [0.29, 0.717) is 15.6 Å². The maximum atomic E-state index is 13.1. The second kappa shape index (κ2) is 8.69. The van der Waals surface area contributed by atoms with Crippen LogP contribution in [0, 0.1) is 5.82 Å². The van der Waals surface area contributed by atoms with Crippen molar-refractivity contribution in [3.05, 3.63) is 70.5 Å². The summed E-state index contributed by atoms with van der Waals surface area (Å²) in [5.41, 5.74) is 0.833. The number of hydrogen-bond acceptors (Lipinski definition) is 4. The SMILES string of the molecule is C=C(c1ccc(F)cc1)C(OC(=O)Nc1cc(Cl)cc(Cl)c1)C(=O)OC. The topological polar surface area (TPSA) is 64.6 Å². The highest BCUT2D eigenvalue weighted by Gasteiger charge is 2.28. The first-order valence-corrected chi connectivity index (χ1v) is 8.02. The molecule has 0 saturated carbocycles. The summed E-state index contributed by atoms with van der Waals surface area (Å²) in [5.74, 6) is -1.29. The molecule has 0 aliphatic heterocycles. The molecule has 0 aliphatic carbocycles. The summed E-state index contributed by atoms with van der Waals surface area (Å²) >= 11 is 11.7. The van der Waals surface area contributed by atoms with Gasteiger partial charge in [-0.05, 0) is 35.9 Å². The number of rotatable bonds is 5. The molecule has 1 unspecified atom stereocenters. The molecule has 0 fully saturated rings. The Kier molecular flexibility index (Phi) is 6.60. The molecule has 0 aromatic heterocycles. The lowest BCUT2D eigenvalue weighted by molar-refractivity contribution is -0.147. The normalized spacial score (nSPS) is 11.4. The Balaban J connectivity index is 2.16. The first kappa shape index (κ1) is 19.8. The van der Waals surface area contributed by atoms with E-state index in [-0.39, 0.29) is 11.3 Å². The van der Waals surface area contributed by atoms with Crippen LogP contribution in [0.15, 0.2) is 49.0 Å². The fraction of sp³-hybridized carbons (Fsp3) is 0.111. The Morgan fingerprint density at radius 3 is 2.23 bits per heavy atom. The van der Waals surface area contributed by atoms with E-state index >= 15 is 0 Å². The van der Waals surface area contributed by atoms with Crippen LogP contribution in [-0.2, 0) is 14.3 Å². The second-order valence-corrected chi connectivity index (χ2v) is 6.00. The third kappa shape index (κ3) is 5.21. The van der Waals surface area contributed by atoms with Crippen LogP contribution in [0.25, 0.3) is 5.57 Å². The number of esters is 1. The fourth-order valence-corrected chi connectivity index (χ4v) is 2.59. The Morgan fingerprint density at radius 1 is 1.12 bits per heavy atom. The maximum Gasteiger partial charge on any atom is 0.412 e. The predicted molar refractivity (Wildman–Crippen MR) is 97.8 cm³/mol. The number of carbonyl (C=O) groups excluding carboxylic acids is 2. The minimum Gasteiger partial charge on any atom is -0.466 e. The van der Waals surface area contributed by atoms with Crippen molar-refractivity contribution in [2.45, 2.75) is 6.10 Å². The second-order valence-electron chi connectivity index (χ2n) is 5.12. The Hall–Kier alpha value is -2.57. The van der Waals surface area contributed by atoms with E-state index in [2.05, 4.69) is 16.6 Å². The number of benzene rings is 2. The van der Waals surface area contributed by atoms with Gasteiger partial charge in [-0.1, -0.05) is 41.9 Å². The molecule has 1 N–H and O–H groups in total. The average molecular weight is 398 g/mol. The zero-order valence-corrected chi connectivity index (χ0v) is 15.1. The van der Waals surface area contributed by atoms with Gasteiger partial charge in [0.05, 0.1) is 7.11 Å². The van der Waals surface area contributed by atoms with Crippen LogP contribution in [0.2, 0.25) is 10.0 Å². The molecule has 8 heteroatoms. The molecule has 0 bridgehead atoms. The van der Waals surface area contributed by atoms with Gasteiger partial charge < -0.3 is 9.47 Å². The molecule has 0 saturated heterocycles. The fourth-order valence-electron chi connectivity index (χ4n) is 2.06. The van der Waals surface area contributed by atoms with Gasteiger partial charge in [0.2, 0.25) is 6.10 Å². The third-order valence-electron chi connectivity index (χ3n) is 3.28. The van der Waals surface area contributed by atoms with Gasteiger partial charge in [0.15, 0.2) is 0 Å². The maximum absolute atomic E-state index is 13.1. The third-order valence-corrected chi connectivity index (χ3v) is 3.72. The highest BCUT2D eigenvalue weighted by Crippen LogP contribution is 2.24. The summed E-state index contributed by atoms with van der Waals surface area (Å²) in [6.07, 6.45) is -2.36. The molecule has 2 aromatic carbocycles. The molecule has 0 aliphatic rings. The summed E-state index contributed by atoms with van der Waals surface area (Å²) < 4.78 is 22.8. The molecule has 0 spiro atoms. The summed E-state index contributed by atoms with van der Waals surface area (Å²) in [5, 5.41) is 3.04. The molecule has 26 heavy (non-hydrogen) atoms. The van der Waals surface area contributed by atoms with E-state index in [1.54, 1.807) is 0 Å². The van der Waals surface area contributed by atoms with Gasteiger partial charge >= 0.3 is 12.1 Å². The minimum atomic E-state index is -1.42. The number of ether oxygens (including phenoxy) is 2. The summed E-state index contributed by atoms with van der Waals surface area (Å²) in [6, 6.07) is 9.61. The van der Waals surface area contributed by atoms with Gasteiger partial charge in [-0.25, -0.2) is 14.0 Å². The van der Waals surface area contributed by atoms with Crippen molar-refractivity contribution in [2.24, 2.45) is 0 Å². The van der Waals surface area contributed by atoms with Crippen LogP contribution < -0.4 is 5.32 Å². The monoisotopic (exact) mass is 397 g/mol. The lowest BCUT2D eigenvalue weighted by Gasteiger charge is -2.18. The van der Waals surface area contributed by atoms with Crippen LogP contribution in [0.3, 0.4) is 0 Å². The lowest BCUT2D eigenvalue weighted by Crippen LogP contribution is -2.31. The molecule has 0 heterocycles. The van der Waals surface area contributed by atoms with E-state index in [1.165, 1.54) is 42.5 Å². The molecule has 1 atom stereocenters. The van der Waals surface area contributed by atoms with Crippen molar-refractivity contribution < 1.29 is 23.5 Å². The van der Waals surface area contributed by atoms with Crippen LogP contribution in [0.5, 0.6) is 0 Å². The van der Waals surface area contributed by atoms with Crippen LogP contribution in [0.4, 0.5) is 14.9 Å². The van der Waals surface area contributed by atoms with E-state index in [1.807, 2.05) is 0 Å². The molecule has 2 aromatic rings. The highest BCUT2D eigenvalue weighted by molar-refractivity contribution is 6.35. The molecule has 5 nitrogen and oxygen atoms in total. The number of halogens is 3. The molecule has 2 rings (SSSR count). The first-order valence-electron chi connectivity index (χ1n) is 7.26. The van der Waals surface area contributed by atoms with Crippen molar-refractivity contribution in [2.75, 3.05) is 12.4 Å². The van der Waals surface area contributed by atoms with E-state index < -0.39 is 24.0 Å². The number of carbonyl (C=O) groups is 2. The van der Waals surface area contributed by atoms with Crippen LogP contribution in [-0.4, -0.2) is 25.3 Å². The molecular weight excluding hydrogens is 384 g/mol. The molecular formula is C18H14Cl2FNO4. The lowest BCUT2D eigenvalue weighted by atomic mass is 10.0.